The van der Waals surface area contributed by atoms with Crippen molar-refractivity contribution in [1.29, 1.82) is 0 Å². The van der Waals surface area contributed by atoms with Gasteiger partial charge in [-0.15, -0.1) is 0 Å². The van der Waals surface area contributed by atoms with Gasteiger partial charge in [0, 0.05) is 35.7 Å². The molecule has 35 heavy (non-hydrogen) atoms. The lowest BCUT2D eigenvalue weighted by molar-refractivity contribution is -0.384. The number of urea groups is 2. The lowest BCUT2D eigenvalue weighted by Crippen LogP contribution is -2.48. The number of benzene rings is 2. The molecule has 11 nitrogen and oxygen atoms in total. The maximum absolute atomic E-state index is 12.8. The number of nitrogens with zero attached hydrogens (tertiary/aromatic N) is 2. The highest BCUT2D eigenvalue weighted by Crippen LogP contribution is 2.32. The highest BCUT2D eigenvalue weighted by Gasteiger charge is 2.36. The van der Waals surface area contributed by atoms with Gasteiger partial charge in [-0.1, -0.05) is 25.5 Å². The van der Waals surface area contributed by atoms with Gasteiger partial charge >= 0.3 is 18.0 Å². The summed E-state index contributed by atoms with van der Waals surface area (Å²) in [5.74, 6) is -0.553. The number of hydrogen-bond donors (Lipinski definition) is 3. The van der Waals surface area contributed by atoms with Gasteiger partial charge in [-0.05, 0) is 43.2 Å². The Bertz CT molecular complexity index is 1160. The first-order chi connectivity index (χ1) is 16.7. The number of unbranched alkanes of at least 4 members (excludes halogenated alkanes) is 1. The first kappa shape index (κ1) is 25.2. The molecule has 0 radical (unpaired) electrons. The molecule has 1 heterocycles. The van der Waals surface area contributed by atoms with Crippen molar-refractivity contribution in [2.45, 2.75) is 32.7 Å². The van der Waals surface area contributed by atoms with E-state index < -0.39 is 23.0 Å². The van der Waals surface area contributed by atoms with Crippen LogP contribution in [0.15, 0.2) is 59.8 Å². The second kappa shape index (κ2) is 11.1. The van der Waals surface area contributed by atoms with Crippen LogP contribution in [0, 0.1) is 10.1 Å². The first-order valence-electron chi connectivity index (χ1n) is 11.0. The number of hydrogen-bond acceptors (Lipinski definition) is 6. The molecule has 0 aliphatic carbocycles. The lowest BCUT2D eigenvalue weighted by Gasteiger charge is -2.35. The number of carbonyl (C=O) groups is 3. The van der Waals surface area contributed by atoms with E-state index in [1.165, 1.54) is 36.3 Å². The molecule has 1 aliphatic heterocycles. The topological polar surface area (TPSA) is 143 Å². The molecule has 184 valence electrons. The van der Waals surface area contributed by atoms with E-state index in [1.807, 2.05) is 6.92 Å². The minimum absolute atomic E-state index is 0.0868. The average Bonchev–Trinajstić information content (AvgIpc) is 2.83. The maximum atomic E-state index is 12.8. The molecule has 0 saturated heterocycles. The SMILES string of the molecule is CCCCN1C(=O)N[C@@H](c2cccc(NC(=O)Nc3ccc([N+](=O)[O-])cc3)c2)C(C(=O)OC)=C1C. The Hall–Kier alpha value is -4.41. The predicted octanol–water partition coefficient (Wildman–Crippen LogP) is 4.55. The summed E-state index contributed by atoms with van der Waals surface area (Å²) in [4.78, 5) is 49.6. The monoisotopic (exact) mass is 481 g/mol. The van der Waals surface area contributed by atoms with Crippen LogP contribution in [0.5, 0.6) is 0 Å². The third-order valence-corrected chi connectivity index (χ3v) is 5.55. The number of ether oxygens (including phenoxy) is 1. The summed E-state index contributed by atoms with van der Waals surface area (Å²) in [6, 6.07) is 10.5. The second-order valence-corrected chi connectivity index (χ2v) is 7.89. The van der Waals surface area contributed by atoms with Crippen LogP contribution in [-0.2, 0) is 9.53 Å². The van der Waals surface area contributed by atoms with Crippen molar-refractivity contribution >= 4 is 35.1 Å². The van der Waals surface area contributed by atoms with Crippen LogP contribution in [0.25, 0.3) is 0 Å². The van der Waals surface area contributed by atoms with Gasteiger partial charge in [-0.2, -0.15) is 0 Å². The van der Waals surface area contributed by atoms with Crippen molar-refractivity contribution in [3.05, 3.63) is 75.5 Å². The summed E-state index contributed by atoms with van der Waals surface area (Å²) < 4.78 is 4.99. The second-order valence-electron chi connectivity index (χ2n) is 7.89. The summed E-state index contributed by atoms with van der Waals surface area (Å²) >= 11 is 0. The van der Waals surface area contributed by atoms with Crippen LogP contribution < -0.4 is 16.0 Å². The average molecular weight is 482 g/mol. The van der Waals surface area contributed by atoms with Gasteiger partial charge in [-0.3, -0.25) is 15.0 Å². The molecular formula is C24H27N5O6. The molecular weight excluding hydrogens is 454 g/mol. The highest BCUT2D eigenvalue weighted by atomic mass is 16.6. The molecule has 0 spiro atoms. The van der Waals surface area contributed by atoms with Crippen molar-refractivity contribution in [2.24, 2.45) is 0 Å². The number of methoxy groups -OCH3 is 1. The van der Waals surface area contributed by atoms with Crippen LogP contribution in [0.2, 0.25) is 0 Å². The largest absolute Gasteiger partial charge is 0.466 e. The molecule has 0 saturated carbocycles. The van der Waals surface area contributed by atoms with E-state index in [1.54, 1.807) is 31.2 Å². The molecule has 3 rings (SSSR count). The molecule has 0 unspecified atom stereocenters. The molecule has 0 aromatic heterocycles. The van der Waals surface area contributed by atoms with Crippen LogP contribution in [0.4, 0.5) is 26.7 Å². The quantitative estimate of drug-likeness (QED) is 0.287. The van der Waals surface area contributed by atoms with E-state index in [0.29, 0.717) is 34.8 Å². The van der Waals surface area contributed by atoms with Gasteiger partial charge in [0.05, 0.1) is 23.6 Å². The predicted molar refractivity (Wildman–Crippen MR) is 130 cm³/mol. The number of amides is 4. The number of non-ortho nitro benzene ring substituents is 1. The lowest BCUT2D eigenvalue weighted by atomic mass is 9.94. The Morgan fingerprint density at radius 3 is 2.46 bits per heavy atom. The minimum atomic E-state index is -0.757. The maximum Gasteiger partial charge on any atom is 0.337 e. The molecule has 2 aromatic rings. The van der Waals surface area contributed by atoms with Crippen molar-refractivity contribution in [1.82, 2.24) is 10.2 Å². The number of allylic oxidation sites excluding steroid dienone is 1. The van der Waals surface area contributed by atoms with Gasteiger partial charge < -0.3 is 20.7 Å². The minimum Gasteiger partial charge on any atom is -0.466 e. The van der Waals surface area contributed by atoms with E-state index in [4.69, 9.17) is 4.74 Å². The van der Waals surface area contributed by atoms with Gasteiger partial charge in [0.2, 0.25) is 0 Å². The molecule has 0 bridgehead atoms. The number of nitro benzene ring substituents is 1. The molecule has 2 aromatic carbocycles. The summed E-state index contributed by atoms with van der Waals surface area (Å²) in [6.07, 6.45) is 1.68. The van der Waals surface area contributed by atoms with Gasteiger partial charge in [0.25, 0.3) is 5.69 Å². The van der Waals surface area contributed by atoms with Crippen LogP contribution in [0.1, 0.15) is 38.3 Å². The Morgan fingerprint density at radius 1 is 1.14 bits per heavy atom. The third kappa shape index (κ3) is 5.94. The van der Waals surface area contributed by atoms with Crippen LogP contribution >= 0.6 is 0 Å². The number of carbonyl (C=O) groups excluding carboxylic acids is 3. The van der Waals surface area contributed by atoms with Gasteiger partial charge in [-0.25, -0.2) is 14.4 Å². The smallest absolute Gasteiger partial charge is 0.337 e. The van der Waals surface area contributed by atoms with E-state index >= 15 is 0 Å². The highest BCUT2D eigenvalue weighted by molar-refractivity contribution is 6.00. The Morgan fingerprint density at radius 2 is 1.83 bits per heavy atom. The number of nitrogens with one attached hydrogen (secondary N) is 3. The van der Waals surface area contributed by atoms with Gasteiger partial charge in [0.1, 0.15) is 0 Å². The van der Waals surface area contributed by atoms with Crippen molar-refractivity contribution in [2.75, 3.05) is 24.3 Å². The fraction of sp³-hybridized carbons (Fsp3) is 0.292. The fourth-order valence-electron chi connectivity index (χ4n) is 3.75. The molecule has 11 heteroatoms. The molecule has 4 amide bonds. The zero-order chi connectivity index (χ0) is 25.5. The van der Waals surface area contributed by atoms with Gasteiger partial charge in [0.15, 0.2) is 0 Å². The van der Waals surface area contributed by atoms with E-state index in [2.05, 4.69) is 16.0 Å². The van der Waals surface area contributed by atoms with Crippen molar-refractivity contribution in [3.63, 3.8) is 0 Å². The molecule has 0 fully saturated rings. The molecule has 1 atom stereocenters. The Balaban J connectivity index is 1.81. The number of rotatable bonds is 8. The summed E-state index contributed by atoms with van der Waals surface area (Å²) in [7, 11) is 1.28. The normalized spacial score (nSPS) is 15.3. The first-order valence-corrected chi connectivity index (χ1v) is 11.0. The fourth-order valence-corrected chi connectivity index (χ4v) is 3.75. The van der Waals surface area contributed by atoms with Crippen molar-refractivity contribution in [3.8, 4) is 0 Å². The number of esters is 1. The standard InChI is InChI=1S/C24H27N5O6/c1-4-5-13-28-15(2)20(22(30)35-3)21(27-24(28)32)16-7-6-8-18(14-16)26-23(31)25-17-9-11-19(12-10-17)29(33)34/h6-12,14,21H,4-5,13H2,1-3H3,(H,27,32)(H2,25,26,31)/t21-/m0/s1. The number of anilines is 2. The third-order valence-electron chi connectivity index (χ3n) is 5.55. The number of nitro groups is 1. The zero-order valence-corrected chi connectivity index (χ0v) is 19.7. The van der Waals surface area contributed by atoms with E-state index in [9.17, 15) is 24.5 Å². The Kier molecular flexibility index (Phi) is 8.03. The van der Waals surface area contributed by atoms with E-state index in [-0.39, 0.29) is 11.7 Å². The molecule has 1 aliphatic rings. The van der Waals surface area contributed by atoms with Crippen LogP contribution in [-0.4, -0.2) is 41.5 Å². The summed E-state index contributed by atoms with van der Waals surface area (Å²) in [6.45, 7) is 4.21. The zero-order valence-electron chi connectivity index (χ0n) is 19.7. The van der Waals surface area contributed by atoms with E-state index in [0.717, 1.165) is 12.8 Å². The molecule has 3 N–H and O–H groups in total. The summed E-state index contributed by atoms with van der Waals surface area (Å²) in [5, 5.41) is 18.9. The summed E-state index contributed by atoms with van der Waals surface area (Å²) in [5.41, 5.74) is 2.13. The Labute approximate surface area is 202 Å². The van der Waals surface area contributed by atoms with Crippen LogP contribution in [0.3, 0.4) is 0 Å². The van der Waals surface area contributed by atoms with Crippen molar-refractivity contribution < 1.29 is 24.0 Å².